The molecule has 6 heteroatoms. The predicted molar refractivity (Wildman–Crippen MR) is 72.7 cm³/mol. The van der Waals surface area contributed by atoms with Gasteiger partial charge in [0.1, 0.15) is 11.6 Å². The van der Waals surface area contributed by atoms with Crippen LogP contribution in [0.15, 0.2) is 0 Å². The number of alkyl carbamates (subject to hydrolysis) is 1. The number of amides is 2. The van der Waals surface area contributed by atoms with Crippen molar-refractivity contribution >= 4 is 12.0 Å². The average Bonchev–Trinajstić information content (AvgIpc) is 2.19. The van der Waals surface area contributed by atoms with Crippen molar-refractivity contribution in [1.29, 1.82) is 0 Å². The molecule has 112 valence electrons. The Hall–Kier alpha value is -1.30. The van der Waals surface area contributed by atoms with Gasteiger partial charge in [0.15, 0.2) is 0 Å². The van der Waals surface area contributed by atoms with E-state index in [0.717, 1.165) is 0 Å². The number of carbonyl (C=O) groups excluding carboxylic acids is 2. The number of hydrogen-bond acceptors (Lipinski definition) is 4. The van der Waals surface area contributed by atoms with Crippen molar-refractivity contribution in [3.05, 3.63) is 0 Å². The summed E-state index contributed by atoms with van der Waals surface area (Å²) < 4.78 is 5.11. The van der Waals surface area contributed by atoms with Crippen LogP contribution in [0.25, 0.3) is 0 Å². The molecule has 2 atom stereocenters. The van der Waals surface area contributed by atoms with Crippen LogP contribution in [0.2, 0.25) is 0 Å². The van der Waals surface area contributed by atoms with Crippen molar-refractivity contribution < 1.29 is 19.4 Å². The molecular weight excluding hydrogens is 248 g/mol. The maximum Gasteiger partial charge on any atom is 0.408 e. The Bertz CT molecular complexity index is 308. The van der Waals surface area contributed by atoms with E-state index in [2.05, 4.69) is 10.6 Å². The van der Waals surface area contributed by atoms with E-state index in [4.69, 9.17) is 9.84 Å². The van der Waals surface area contributed by atoms with Crippen LogP contribution in [0.5, 0.6) is 0 Å². The van der Waals surface area contributed by atoms with E-state index in [1.807, 2.05) is 13.8 Å². The number of aliphatic hydroxyl groups excluding tert-OH is 1. The molecule has 3 N–H and O–H groups in total. The van der Waals surface area contributed by atoms with Crippen molar-refractivity contribution in [3.8, 4) is 0 Å². The third-order valence-corrected chi connectivity index (χ3v) is 2.19. The second kappa shape index (κ2) is 7.33. The summed E-state index contributed by atoms with van der Waals surface area (Å²) in [4.78, 5) is 23.6. The fraction of sp³-hybridized carbons (Fsp3) is 0.846. The van der Waals surface area contributed by atoms with Gasteiger partial charge < -0.3 is 20.5 Å². The highest BCUT2D eigenvalue weighted by Crippen LogP contribution is 2.08. The Morgan fingerprint density at radius 2 is 1.74 bits per heavy atom. The van der Waals surface area contributed by atoms with Crippen molar-refractivity contribution in [2.24, 2.45) is 5.92 Å². The molecule has 2 amide bonds. The highest BCUT2D eigenvalue weighted by atomic mass is 16.6. The molecule has 0 saturated carbocycles. The molecule has 0 saturated heterocycles. The van der Waals surface area contributed by atoms with Crippen LogP contribution in [0.3, 0.4) is 0 Å². The van der Waals surface area contributed by atoms with Crippen LogP contribution < -0.4 is 10.6 Å². The summed E-state index contributed by atoms with van der Waals surface area (Å²) in [5, 5.41) is 14.2. The van der Waals surface area contributed by atoms with Crippen LogP contribution in [-0.2, 0) is 9.53 Å². The Kier molecular flexibility index (Phi) is 6.83. The predicted octanol–water partition coefficient (Wildman–Crippen LogP) is 1.03. The molecule has 6 nitrogen and oxygen atoms in total. The fourth-order valence-electron chi connectivity index (χ4n) is 1.33. The summed E-state index contributed by atoms with van der Waals surface area (Å²) in [6.07, 6.45) is -1.25. The lowest BCUT2D eigenvalue weighted by atomic mass is 10.0. The van der Waals surface area contributed by atoms with Gasteiger partial charge in [0.2, 0.25) is 5.91 Å². The Morgan fingerprint density at radius 1 is 1.21 bits per heavy atom. The topological polar surface area (TPSA) is 87.7 Å². The van der Waals surface area contributed by atoms with E-state index >= 15 is 0 Å². The van der Waals surface area contributed by atoms with E-state index in [-0.39, 0.29) is 18.4 Å². The molecule has 0 aromatic carbocycles. The number of rotatable bonds is 5. The van der Waals surface area contributed by atoms with Crippen LogP contribution in [0.1, 0.15) is 41.5 Å². The van der Waals surface area contributed by atoms with Gasteiger partial charge in [-0.25, -0.2) is 4.79 Å². The maximum absolute atomic E-state index is 11.9. The van der Waals surface area contributed by atoms with E-state index in [9.17, 15) is 9.59 Å². The minimum absolute atomic E-state index is 0.0819. The quantitative estimate of drug-likeness (QED) is 0.699. The summed E-state index contributed by atoms with van der Waals surface area (Å²) in [5.41, 5.74) is -0.609. The van der Waals surface area contributed by atoms with Crippen molar-refractivity contribution in [2.45, 2.75) is 59.3 Å². The molecule has 19 heavy (non-hydrogen) atoms. The van der Waals surface area contributed by atoms with Gasteiger partial charge in [-0.05, 0) is 33.6 Å². The number of nitrogens with one attached hydrogen (secondary N) is 2. The zero-order chi connectivity index (χ0) is 15.2. The lowest BCUT2D eigenvalue weighted by Gasteiger charge is -2.25. The number of aliphatic hydroxyl groups is 1. The first-order valence-electron chi connectivity index (χ1n) is 6.48. The Labute approximate surface area is 114 Å². The maximum atomic E-state index is 11.9. The van der Waals surface area contributed by atoms with Gasteiger partial charge in [0.25, 0.3) is 0 Å². The number of ether oxygens (including phenoxy) is 1. The number of carbonyl (C=O) groups is 2. The first kappa shape index (κ1) is 17.7. The van der Waals surface area contributed by atoms with Crippen LogP contribution in [0, 0.1) is 5.92 Å². The highest BCUT2D eigenvalue weighted by molar-refractivity contribution is 5.85. The summed E-state index contributed by atoms with van der Waals surface area (Å²) in [6.45, 7) is 10.6. The van der Waals surface area contributed by atoms with E-state index < -0.39 is 23.8 Å². The average molecular weight is 274 g/mol. The minimum atomic E-state index is -0.686. The molecular formula is C13H26N2O4. The second-order valence-corrected chi connectivity index (χ2v) is 5.96. The third-order valence-electron chi connectivity index (χ3n) is 2.19. The Balaban J connectivity index is 4.49. The molecule has 0 fully saturated rings. The van der Waals surface area contributed by atoms with Crippen LogP contribution >= 0.6 is 0 Å². The number of hydrogen-bond donors (Lipinski definition) is 3. The first-order valence-corrected chi connectivity index (χ1v) is 6.48. The summed E-state index contributed by atoms with van der Waals surface area (Å²) in [7, 11) is 0. The molecule has 0 aliphatic heterocycles. The fourth-order valence-corrected chi connectivity index (χ4v) is 1.33. The van der Waals surface area contributed by atoms with Crippen LogP contribution in [-0.4, -0.2) is 41.4 Å². The van der Waals surface area contributed by atoms with Crippen molar-refractivity contribution in [2.75, 3.05) is 6.54 Å². The highest BCUT2D eigenvalue weighted by Gasteiger charge is 2.26. The summed E-state index contributed by atoms with van der Waals surface area (Å²) in [5.74, 6) is -0.414. The van der Waals surface area contributed by atoms with Gasteiger partial charge in [-0.1, -0.05) is 13.8 Å². The first-order chi connectivity index (χ1) is 8.53. The van der Waals surface area contributed by atoms with E-state index in [1.165, 1.54) is 0 Å². The monoisotopic (exact) mass is 274 g/mol. The van der Waals surface area contributed by atoms with Gasteiger partial charge in [-0.3, -0.25) is 4.79 Å². The van der Waals surface area contributed by atoms with Crippen LogP contribution in [0.4, 0.5) is 4.79 Å². The van der Waals surface area contributed by atoms with Gasteiger partial charge in [-0.2, -0.15) is 0 Å². The molecule has 0 heterocycles. The molecule has 0 rings (SSSR count). The molecule has 0 aliphatic rings. The molecule has 0 aromatic heterocycles. The van der Waals surface area contributed by atoms with E-state index in [1.54, 1.807) is 27.7 Å². The lowest BCUT2D eigenvalue weighted by molar-refractivity contribution is -0.124. The minimum Gasteiger partial charge on any atom is -0.444 e. The van der Waals surface area contributed by atoms with Gasteiger partial charge in [0.05, 0.1) is 6.10 Å². The molecule has 0 aliphatic carbocycles. The smallest absolute Gasteiger partial charge is 0.408 e. The molecule has 0 unspecified atom stereocenters. The van der Waals surface area contributed by atoms with Gasteiger partial charge >= 0.3 is 6.09 Å². The van der Waals surface area contributed by atoms with Crippen molar-refractivity contribution in [3.63, 3.8) is 0 Å². The molecule has 0 aromatic rings. The summed E-state index contributed by atoms with van der Waals surface area (Å²) >= 11 is 0. The lowest BCUT2D eigenvalue weighted by Crippen LogP contribution is -2.51. The van der Waals surface area contributed by atoms with Gasteiger partial charge in [-0.15, -0.1) is 0 Å². The van der Waals surface area contributed by atoms with Gasteiger partial charge in [0, 0.05) is 6.54 Å². The summed E-state index contributed by atoms with van der Waals surface area (Å²) in [6, 6.07) is -0.686. The molecule has 0 spiro atoms. The zero-order valence-electron chi connectivity index (χ0n) is 12.6. The largest absolute Gasteiger partial charge is 0.444 e. The third kappa shape index (κ3) is 8.42. The molecule has 0 radical (unpaired) electrons. The second-order valence-electron chi connectivity index (χ2n) is 5.96. The normalized spacial score (nSPS) is 14.7. The van der Waals surface area contributed by atoms with E-state index in [0.29, 0.717) is 0 Å². The molecule has 0 bridgehead atoms. The SMILES string of the molecule is CC(C)[C@H](NC(=O)OC(C)(C)C)C(=O)NC[C@H](C)O. The van der Waals surface area contributed by atoms with Crippen molar-refractivity contribution in [1.82, 2.24) is 10.6 Å². The zero-order valence-corrected chi connectivity index (χ0v) is 12.6. The standard InChI is InChI=1S/C13H26N2O4/c1-8(2)10(11(17)14-7-9(3)16)15-12(18)19-13(4,5)6/h8-10,16H,7H2,1-6H3,(H,14,17)(H,15,18)/t9-,10-/m0/s1. The Morgan fingerprint density at radius 3 is 2.11 bits per heavy atom.